The van der Waals surface area contributed by atoms with Crippen molar-refractivity contribution in [1.29, 1.82) is 0 Å². The van der Waals surface area contributed by atoms with Crippen molar-refractivity contribution in [1.82, 2.24) is 0 Å². The Morgan fingerprint density at radius 1 is 0.914 bits per heavy atom. The zero-order valence-electron chi connectivity index (χ0n) is 19.0. The predicted octanol–water partition coefficient (Wildman–Crippen LogP) is 7.27. The minimum atomic E-state index is -4.67. The summed E-state index contributed by atoms with van der Waals surface area (Å²) in [6.45, 7) is 5.70. The number of rotatable bonds is 5. The van der Waals surface area contributed by atoms with Crippen LogP contribution in [0.2, 0.25) is 5.02 Å². The van der Waals surface area contributed by atoms with E-state index in [9.17, 15) is 22.8 Å². The number of imide groups is 1. The zero-order valence-corrected chi connectivity index (χ0v) is 20.5. The lowest BCUT2D eigenvalue weighted by atomic mass is 10.1. The molecule has 3 aromatic rings. The summed E-state index contributed by atoms with van der Waals surface area (Å²) in [7, 11) is 0. The number of nitrogens with zero attached hydrogens (tertiary/aromatic N) is 1. The van der Waals surface area contributed by atoms with Gasteiger partial charge in [-0.25, -0.2) is 4.90 Å². The van der Waals surface area contributed by atoms with Crippen LogP contribution in [0, 0.1) is 20.8 Å². The van der Waals surface area contributed by atoms with Crippen molar-refractivity contribution < 1.29 is 22.8 Å². The highest BCUT2D eigenvalue weighted by atomic mass is 35.5. The van der Waals surface area contributed by atoms with Crippen molar-refractivity contribution >= 4 is 46.6 Å². The van der Waals surface area contributed by atoms with Gasteiger partial charge in [-0.3, -0.25) is 9.59 Å². The molecule has 0 atom stereocenters. The Morgan fingerprint density at radius 2 is 1.60 bits per heavy atom. The van der Waals surface area contributed by atoms with Crippen LogP contribution >= 0.6 is 23.4 Å². The molecule has 2 amide bonds. The van der Waals surface area contributed by atoms with E-state index < -0.39 is 23.6 Å². The highest BCUT2D eigenvalue weighted by Gasteiger charge is 2.42. The summed E-state index contributed by atoms with van der Waals surface area (Å²) in [6, 6.07) is 15.4. The number of carbonyl (C=O) groups excluding carboxylic acids is 2. The molecule has 180 valence electrons. The maximum absolute atomic E-state index is 13.5. The first-order valence-electron chi connectivity index (χ1n) is 10.5. The molecular formula is C26H20ClF3N2O2S. The molecule has 0 saturated carbocycles. The van der Waals surface area contributed by atoms with Crippen LogP contribution in [0.5, 0.6) is 0 Å². The van der Waals surface area contributed by atoms with E-state index in [1.165, 1.54) is 0 Å². The lowest BCUT2D eigenvalue weighted by Gasteiger charge is -2.19. The Morgan fingerprint density at radius 3 is 2.26 bits per heavy atom. The molecule has 0 aromatic heterocycles. The van der Waals surface area contributed by atoms with Crippen LogP contribution in [-0.2, 0) is 15.8 Å². The standard InChI is InChI=1S/C26H20ClF3N2O2S/c1-14-7-10-18(11-8-14)35-23-22(31-20-6-4-5-15(2)16(20)3)24(33)32(25(23)34)21-13-17(26(28,29)30)9-12-19(21)27/h4-13,31H,1-3H3. The number of carbonyl (C=O) groups is 2. The number of thioether (sulfide) groups is 1. The maximum atomic E-state index is 13.5. The molecule has 0 unspecified atom stereocenters. The van der Waals surface area contributed by atoms with Crippen LogP contribution < -0.4 is 10.2 Å². The van der Waals surface area contributed by atoms with E-state index in [4.69, 9.17) is 11.6 Å². The van der Waals surface area contributed by atoms with E-state index in [-0.39, 0.29) is 21.3 Å². The number of hydrogen-bond acceptors (Lipinski definition) is 4. The quantitative estimate of drug-likeness (QED) is 0.362. The van der Waals surface area contributed by atoms with E-state index >= 15 is 0 Å². The molecule has 1 aliphatic heterocycles. The van der Waals surface area contributed by atoms with Crippen LogP contribution in [0.15, 0.2) is 76.2 Å². The van der Waals surface area contributed by atoms with Gasteiger partial charge in [0.1, 0.15) is 10.6 Å². The first-order chi connectivity index (χ1) is 16.5. The third-order valence-electron chi connectivity index (χ3n) is 5.66. The SMILES string of the molecule is Cc1ccc(SC2=C(Nc3cccc(C)c3C)C(=O)N(c3cc(C(F)(F)F)ccc3Cl)C2=O)cc1. The normalized spacial score (nSPS) is 14.2. The molecule has 4 rings (SSSR count). The highest BCUT2D eigenvalue weighted by molar-refractivity contribution is 8.04. The van der Waals surface area contributed by atoms with Gasteiger partial charge in [0.2, 0.25) is 0 Å². The third-order valence-corrected chi connectivity index (χ3v) is 7.07. The number of halogens is 4. The van der Waals surface area contributed by atoms with Gasteiger partial charge in [-0.15, -0.1) is 0 Å². The Kier molecular flexibility index (Phi) is 6.71. The Hall–Kier alpha value is -3.23. The van der Waals surface area contributed by atoms with Crippen LogP contribution in [0.1, 0.15) is 22.3 Å². The lowest BCUT2D eigenvalue weighted by molar-refractivity contribution is -0.137. The smallest absolute Gasteiger partial charge is 0.350 e. The second-order valence-electron chi connectivity index (χ2n) is 8.10. The molecule has 0 radical (unpaired) electrons. The molecule has 0 bridgehead atoms. The van der Waals surface area contributed by atoms with Gasteiger partial charge in [-0.05, 0) is 68.3 Å². The van der Waals surface area contributed by atoms with E-state index in [0.717, 1.165) is 40.6 Å². The number of anilines is 2. The Labute approximate surface area is 209 Å². The topological polar surface area (TPSA) is 49.4 Å². The first kappa shape index (κ1) is 24.9. The summed E-state index contributed by atoms with van der Waals surface area (Å²) in [5.41, 5.74) is 2.11. The summed E-state index contributed by atoms with van der Waals surface area (Å²) in [5.74, 6) is -1.54. The Balaban J connectivity index is 1.81. The monoisotopic (exact) mass is 516 g/mol. The number of hydrogen-bond donors (Lipinski definition) is 1. The molecule has 0 fully saturated rings. The molecule has 1 aliphatic rings. The second kappa shape index (κ2) is 9.43. The fraction of sp³-hybridized carbons (Fsp3) is 0.154. The minimum absolute atomic E-state index is 0.0252. The summed E-state index contributed by atoms with van der Waals surface area (Å²) >= 11 is 7.24. The third kappa shape index (κ3) is 4.94. The Bertz CT molecular complexity index is 1370. The second-order valence-corrected chi connectivity index (χ2v) is 9.59. The average Bonchev–Trinajstić information content (AvgIpc) is 3.02. The average molecular weight is 517 g/mol. The number of alkyl halides is 3. The number of amides is 2. The van der Waals surface area contributed by atoms with Crippen LogP contribution in [0.25, 0.3) is 0 Å². The maximum Gasteiger partial charge on any atom is 0.416 e. The van der Waals surface area contributed by atoms with Gasteiger partial charge in [-0.1, -0.05) is 53.2 Å². The first-order valence-corrected chi connectivity index (χ1v) is 11.7. The van der Waals surface area contributed by atoms with Gasteiger partial charge in [0.25, 0.3) is 11.8 Å². The predicted molar refractivity (Wildman–Crippen MR) is 133 cm³/mol. The van der Waals surface area contributed by atoms with Crippen LogP contribution in [0.4, 0.5) is 24.5 Å². The van der Waals surface area contributed by atoms with Gasteiger partial charge in [0.15, 0.2) is 0 Å². The molecule has 3 aromatic carbocycles. The van der Waals surface area contributed by atoms with E-state index in [1.54, 1.807) is 24.3 Å². The molecule has 35 heavy (non-hydrogen) atoms. The summed E-state index contributed by atoms with van der Waals surface area (Å²) in [6.07, 6.45) is -4.67. The molecule has 4 nitrogen and oxygen atoms in total. The van der Waals surface area contributed by atoms with Gasteiger partial charge < -0.3 is 5.32 Å². The van der Waals surface area contributed by atoms with E-state index in [2.05, 4.69) is 5.32 Å². The van der Waals surface area contributed by atoms with Crippen LogP contribution in [0.3, 0.4) is 0 Å². The van der Waals surface area contributed by atoms with Gasteiger partial charge in [0.05, 0.1) is 16.3 Å². The largest absolute Gasteiger partial charge is 0.416 e. The number of nitrogens with one attached hydrogen (secondary N) is 1. The van der Waals surface area contributed by atoms with Crippen LogP contribution in [-0.4, -0.2) is 11.8 Å². The minimum Gasteiger partial charge on any atom is -0.350 e. The fourth-order valence-electron chi connectivity index (χ4n) is 3.54. The zero-order chi connectivity index (χ0) is 25.5. The van der Waals surface area contributed by atoms with Crippen molar-refractivity contribution in [3.63, 3.8) is 0 Å². The molecular weight excluding hydrogens is 497 g/mol. The molecule has 0 saturated heterocycles. The highest BCUT2D eigenvalue weighted by Crippen LogP contribution is 2.42. The van der Waals surface area contributed by atoms with Crippen molar-refractivity contribution in [3.8, 4) is 0 Å². The van der Waals surface area contributed by atoms with Gasteiger partial charge in [0, 0.05) is 10.6 Å². The summed E-state index contributed by atoms with van der Waals surface area (Å²) in [5, 5.41) is 2.91. The fourth-order valence-corrected chi connectivity index (χ4v) is 4.67. The van der Waals surface area contributed by atoms with E-state index in [1.807, 2.05) is 39.0 Å². The van der Waals surface area contributed by atoms with E-state index in [0.29, 0.717) is 21.5 Å². The number of benzene rings is 3. The lowest BCUT2D eigenvalue weighted by Crippen LogP contribution is -2.33. The molecule has 9 heteroatoms. The number of aryl methyl sites for hydroxylation is 2. The molecule has 1 heterocycles. The summed E-state index contributed by atoms with van der Waals surface area (Å²) in [4.78, 5) is 28.5. The summed E-state index contributed by atoms with van der Waals surface area (Å²) < 4.78 is 40.1. The van der Waals surface area contributed by atoms with Gasteiger partial charge in [-0.2, -0.15) is 13.2 Å². The van der Waals surface area contributed by atoms with Crippen molar-refractivity contribution in [2.24, 2.45) is 0 Å². The van der Waals surface area contributed by atoms with Crippen molar-refractivity contribution in [3.05, 3.63) is 98.5 Å². The van der Waals surface area contributed by atoms with Crippen molar-refractivity contribution in [2.45, 2.75) is 31.8 Å². The molecule has 0 aliphatic carbocycles. The van der Waals surface area contributed by atoms with Gasteiger partial charge >= 0.3 is 6.18 Å². The van der Waals surface area contributed by atoms with Crippen molar-refractivity contribution in [2.75, 3.05) is 10.2 Å². The molecule has 0 spiro atoms. The molecule has 1 N–H and O–H groups in total.